The van der Waals surface area contributed by atoms with Crippen LogP contribution >= 0.6 is 0 Å². The largest absolute Gasteiger partial charge is 0.463 e. The summed E-state index contributed by atoms with van der Waals surface area (Å²) in [7, 11) is 0. The molecule has 11 unspecified atom stereocenters. The Kier molecular flexibility index (Phi) is 6.03. The van der Waals surface area contributed by atoms with Gasteiger partial charge in [-0.15, -0.1) is 0 Å². The highest BCUT2D eigenvalue weighted by atomic mass is 16.6. The Morgan fingerprint density at radius 1 is 1.00 bits per heavy atom. The highest BCUT2D eigenvalue weighted by Crippen LogP contribution is 2.77. The van der Waals surface area contributed by atoms with Crippen LogP contribution in [0.2, 0.25) is 0 Å². The molecule has 0 N–H and O–H groups in total. The van der Waals surface area contributed by atoms with Gasteiger partial charge in [-0.25, -0.2) is 0 Å². The minimum absolute atomic E-state index is 0.113. The van der Waals surface area contributed by atoms with Crippen molar-refractivity contribution in [1.29, 1.82) is 0 Å². The molecule has 5 fully saturated rings. The van der Waals surface area contributed by atoms with E-state index in [4.69, 9.17) is 9.47 Å². The molecular weight excluding hydrogens is 408 g/mol. The minimum Gasteiger partial charge on any atom is -0.463 e. The number of hydrogen-bond donors (Lipinski definition) is 0. The van der Waals surface area contributed by atoms with Crippen molar-refractivity contribution in [2.75, 3.05) is 0 Å². The van der Waals surface area contributed by atoms with Crippen LogP contribution < -0.4 is 0 Å². The van der Waals surface area contributed by atoms with Crippen molar-refractivity contribution >= 4 is 5.97 Å². The van der Waals surface area contributed by atoms with Gasteiger partial charge in [0.1, 0.15) is 11.7 Å². The Bertz CT molecular complexity index is 762. The molecule has 1 spiro atoms. The van der Waals surface area contributed by atoms with E-state index < -0.39 is 0 Å². The molecule has 5 aliphatic rings. The van der Waals surface area contributed by atoms with E-state index in [1.807, 2.05) is 0 Å². The second-order valence-corrected chi connectivity index (χ2v) is 14.0. The van der Waals surface area contributed by atoms with E-state index in [1.165, 1.54) is 51.4 Å². The van der Waals surface area contributed by atoms with E-state index in [9.17, 15) is 4.79 Å². The fourth-order valence-electron chi connectivity index (χ4n) is 10.0. The number of hydrogen-bond acceptors (Lipinski definition) is 3. The Balaban J connectivity index is 1.31. The van der Waals surface area contributed by atoms with Gasteiger partial charge in [0.15, 0.2) is 0 Å². The zero-order chi connectivity index (χ0) is 23.8. The molecule has 5 rings (SSSR count). The molecule has 0 amide bonds. The van der Waals surface area contributed by atoms with Crippen LogP contribution in [0.5, 0.6) is 0 Å². The summed E-state index contributed by atoms with van der Waals surface area (Å²) in [6.07, 6.45) is 13.4. The topological polar surface area (TPSA) is 38.8 Å². The second-order valence-electron chi connectivity index (χ2n) is 14.0. The first-order valence-electron chi connectivity index (χ1n) is 14.4. The molecule has 3 heteroatoms. The van der Waals surface area contributed by atoms with Crippen molar-refractivity contribution in [2.24, 2.45) is 52.3 Å². The van der Waals surface area contributed by atoms with Gasteiger partial charge in [-0.1, -0.05) is 54.4 Å². The maximum Gasteiger partial charge on any atom is 0.302 e. The van der Waals surface area contributed by atoms with Crippen LogP contribution in [-0.2, 0) is 14.3 Å². The lowest BCUT2D eigenvalue weighted by molar-refractivity contribution is -0.159. The molecule has 33 heavy (non-hydrogen) atoms. The Morgan fingerprint density at radius 2 is 1.73 bits per heavy atom. The third-order valence-corrected chi connectivity index (χ3v) is 12.3. The van der Waals surface area contributed by atoms with Crippen molar-refractivity contribution in [2.45, 2.75) is 130 Å². The molecule has 3 nitrogen and oxygen atoms in total. The number of fused-ring (bicyclic) bond motifs is 3. The first kappa shape index (κ1) is 24.1. The third kappa shape index (κ3) is 3.56. The lowest BCUT2D eigenvalue weighted by Gasteiger charge is -2.59. The average molecular weight is 459 g/mol. The number of esters is 1. The first-order chi connectivity index (χ1) is 15.5. The van der Waals surface area contributed by atoms with Gasteiger partial charge in [-0.2, -0.15) is 0 Å². The normalized spacial score (nSPS) is 49.9. The standard InChI is InChI=1S/C30H50O3/c1-18(2)19(3)8-9-20(4)24-12-13-25-26-11-10-22-16-23(32-21(5)31)14-15-29(22,7)30(26)27(33-30)17-28(24,25)6/h18-20,22-27H,8-17H2,1-7H3. The first-order valence-corrected chi connectivity index (χ1v) is 14.4. The van der Waals surface area contributed by atoms with Gasteiger partial charge in [0.2, 0.25) is 0 Å². The molecule has 188 valence electrons. The van der Waals surface area contributed by atoms with E-state index in [0.717, 1.165) is 48.3 Å². The van der Waals surface area contributed by atoms with E-state index in [2.05, 4.69) is 41.5 Å². The smallest absolute Gasteiger partial charge is 0.302 e. The molecule has 0 aromatic rings. The van der Waals surface area contributed by atoms with Crippen LogP contribution in [-0.4, -0.2) is 23.8 Å². The molecule has 4 saturated carbocycles. The van der Waals surface area contributed by atoms with Gasteiger partial charge < -0.3 is 9.47 Å². The molecule has 11 atom stereocenters. The average Bonchev–Trinajstić information content (AvgIpc) is 3.36. The predicted octanol–water partition coefficient (Wildman–Crippen LogP) is 7.42. The van der Waals surface area contributed by atoms with Crippen molar-refractivity contribution in [3.63, 3.8) is 0 Å². The Morgan fingerprint density at radius 3 is 2.42 bits per heavy atom. The quantitative estimate of drug-likeness (QED) is 0.307. The van der Waals surface area contributed by atoms with Crippen molar-refractivity contribution in [1.82, 2.24) is 0 Å². The summed E-state index contributed by atoms with van der Waals surface area (Å²) >= 11 is 0. The lowest BCUT2D eigenvalue weighted by atomic mass is 9.44. The summed E-state index contributed by atoms with van der Waals surface area (Å²) in [6.45, 7) is 16.5. The van der Waals surface area contributed by atoms with E-state index in [1.54, 1.807) is 6.92 Å². The predicted molar refractivity (Wildman–Crippen MR) is 133 cm³/mol. The molecule has 1 heterocycles. The fourth-order valence-corrected chi connectivity index (χ4v) is 10.0. The summed E-state index contributed by atoms with van der Waals surface area (Å²) in [5, 5.41) is 0. The monoisotopic (exact) mass is 458 g/mol. The summed E-state index contributed by atoms with van der Waals surface area (Å²) < 4.78 is 12.6. The van der Waals surface area contributed by atoms with Gasteiger partial charge in [-0.3, -0.25) is 4.79 Å². The molecule has 4 aliphatic carbocycles. The van der Waals surface area contributed by atoms with Crippen LogP contribution in [0.15, 0.2) is 0 Å². The highest BCUT2D eigenvalue weighted by molar-refractivity contribution is 5.66. The van der Waals surface area contributed by atoms with Crippen LogP contribution in [0, 0.1) is 52.3 Å². The van der Waals surface area contributed by atoms with Crippen molar-refractivity contribution in [3.05, 3.63) is 0 Å². The van der Waals surface area contributed by atoms with E-state index >= 15 is 0 Å². The molecule has 0 aromatic carbocycles. The van der Waals surface area contributed by atoms with Crippen molar-refractivity contribution in [3.8, 4) is 0 Å². The highest BCUT2D eigenvalue weighted by Gasteiger charge is 2.79. The Labute approximate surface area is 203 Å². The minimum atomic E-state index is -0.113. The van der Waals surface area contributed by atoms with Gasteiger partial charge in [0, 0.05) is 12.3 Å². The van der Waals surface area contributed by atoms with Crippen LogP contribution in [0.25, 0.3) is 0 Å². The van der Waals surface area contributed by atoms with Gasteiger partial charge in [0.05, 0.1) is 6.10 Å². The molecule has 1 saturated heterocycles. The number of ether oxygens (including phenoxy) is 2. The van der Waals surface area contributed by atoms with Crippen LogP contribution in [0.4, 0.5) is 0 Å². The molecule has 0 radical (unpaired) electrons. The fraction of sp³-hybridized carbons (Fsp3) is 0.967. The Hall–Kier alpha value is -0.570. The van der Waals surface area contributed by atoms with E-state index in [0.29, 0.717) is 17.4 Å². The maximum atomic E-state index is 11.6. The van der Waals surface area contributed by atoms with Crippen LogP contribution in [0.3, 0.4) is 0 Å². The summed E-state index contributed by atoms with van der Waals surface area (Å²) in [6, 6.07) is 0. The number of carbonyl (C=O) groups is 1. The van der Waals surface area contributed by atoms with E-state index in [-0.39, 0.29) is 23.1 Å². The number of epoxide rings is 1. The third-order valence-electron chi connectivity index (χ3n) is 12.3. The van der Waals surface area contributed by atoms with Crippen LogP contribution in [0.1, 0.15) is 113 Å². The molecule has 1 aliphatic heterocycles. The summed E-state index contributed by atoms with van der Waals surface area (Å²) in [5.41, 5.74) is 0.870. The zero-order valence-electron chi connectivity index (χ0n) is 22.5. The van der Waals surface area contributed by atoms with Gasteiger partial charge >= 0.3 is 5.97 Å². The maximum absolute atomic E-state index is 11.6. The summed E-state index contributed by atoms with van der Waals surface area (Å²) in [5.74, 6) is 5.46. The number of rotatable bonds is 6. The summed E-state index contributed by atoms with van der Waals surface area (Å²) in [4.78, 5) is 11.6. The molecule has 0 bridgehead atoms. The van der Waals surface area contributed by atoms with Crippen molar-refractivity contribution < 1.29 is 14.3 Å². The van der Waals surface area contributed by atoms with Gasteiger partial charge in [-0.05, 0) is 98.2 Å². The zero-order valence-corrected chi connectivity index (χ0v) is 22.5. The molecule has 0 aromatic heterocycles. The lowest BCUT2D eigenvalue weighted by Crippen LogP contribution is -2.60. The van der Waals surface area contributed by atoms with Gasteiger partial charge in [0.25, 0.3) is 0 Å². The second kappa shape index (κ2) is 8.24. The number of carbonyl (C=O) groups excluding carboxylic acids is 1. The SMILES string of the molecule is CC(=O)OC1CCC2(C)C(CCC3C4CCC(C(C)CCC(C)C(C)C)C4(C)CC4OC432)C1. The molecular formula is C30H50O3.